The molecule has 2 nitrogen and oxygen atoms in total. The molecule has 11 aromatic rings. The van der Waals surface area contributed by atoms with Crippen molar-refractivity contribution < 1.29 is 8.83 Å². The molecule has 0 N–H and O–H groups in total. The normalized spacial score (nSPS) is 11.7. The first-order chi connectivity index (χ1) is 26.8. The van der Waals surface area contributed by atoms with Crippen molar-refractivity contribution >= 4 is 54.5 Å². The first-order valence-electron chi connectivity index (χ1n) is 18.4. The van der Waals surface area contributed by atoms with E-state index in [0.717, 1.165) is 60.9 Å². The van der Waals surface area contributed by atoms with E-state index in [1.54, 1.807) is 0 Å². The van der Waals surface area contributed by atoms with Crippen LogP contribution in [0.15, 0.2) is 203 Å². The smallest absolute Gasteiger partial charge is 0.143 e. The molecule has 0 aliphatic rings. The summed E-state index contributed by atoms with van der Waals surface area (Å²) in [6, 6.07) is 69.0. The fourth-order valence-electron chi connectivity index (χ4n) is 8.48. The molecule has 0 spiro atoms. The average molecular weight is 689 g/mol. The van der Waals surface area contributed by atoms with E-state index in [-0.39, 0.29) is 0 Å². The van der Waals surface area contributed by atoms with E-state index in [1.807, 2.05) is 6.07 Å². The number of rotatable bonds is 5. The van der Waals surface area contributed by atoms with E-state index in [2.05, 4.69) is 188 Å². The van der Waals surface area contributed by atoms with E-state index in [1.165, 1.54) is 49.4 Å². The van der Waals surface area contributed by atoms with Gasteiger partial charge in [-0.3, -0.25) is 0 Å². The highest BCUT2D eigenvalue weighted by Crippen LogP contribution is 2.48. The van der Waals surface area contributed by atoms with Gasteiger partial charge < -0.3 is 8.83 Å². The van der Waals surface area contributed by atoms with Crippen LogP contribution in [-0.4, -0.2) is 0 Å². The van der Waals surface area contributed by atoms with Crippen LogP contribution in [0.4, 0.5) is 0 Å². The third-order valence-corrected chi connectivity index (χ3v) is 10.9. The molecule has 0 fully saturated rings. The van der Waals surface area contributed by atoms with Gasteiger partial charge in [0.15, 0.2) is 0 Å². The van der Waals surface area contributed by atoms with E-state index < -0.39 is 0 Å². The summed E-state index contributed by atoms with van der Waals surface area (Å²) in [6.07, 6.45) is 0. The minimum absolute atomic E-state index is 0.804. The summed E-state index contributed by atoms with van der Waals surface area (Å²) in [5.74, 6) is 0.863. The van der Waals surface area contributed by atoms with Gasteiger partial charge in [-0.25, -0.2) is 0 Å². The first-order valence-corrected chi connectivity index (χ1v) is 18.4. The average Bonchev–Trinajstić information content (AvgIpc) is 3.81. The lowest BCUT2D eigenvalue weighted by Crippen LogP contribution is -1.91. The number of benzene rings is 9. The highest BCUT2D eigenvalue weighted by Gasteiger charge is 2.23. The van der Waals surface area contributed by atoms with E-state index in [0.29, 0.717) is 0 Å². The minimum atomic E-state index is 0.804. The predicted molar refractivity (Wildman–Crippen MR) is 226 cm³/mol. The molecule has 11 rings (SSSR count). The Kier molecular flexibility index (Phi) is 6.90. The van der Waals surface area contributed by atoms with Crippen LogP contribution in [0.1, 0.15) is 0 Å². The molecule has 9 aromatic carbocycles. The van der Waals surface area contributed by atoms with Crippen LogP contribution in [0.2, 0.25) is 0 Å². The Hall–Kier alpha value is -7.16. The molecule has 2 heteroatoms. The molecule has 252 valence electrons. The van der Waals surface area contributed by atoms with E-state index >= 15 is 0 Å². The lowest BCUT2D eigenvalue weighted by molar-refractivity contribution is 0.629. The standard InChI is InChI=1S/C52H32O2/c1-4-16-33(17-5-1)36-22-14-23-37(30-36)48-38-24-10-12-26-40(38)50(41-27-13-11-25-39(41)48)43-29-15-28-42-44-31-45-47(32-46(44)54-52(42)43)53-51(35-20-8-3-9-21-35)49(45)34-18-6-2-7-19-34/h1-32H. The summed E-state index contributed by atoms with van der Waals surface area (Å²) in [4.78, 5) is 0. The summed E-state index contributed by atoms with van der Waals surface area (Å²) in [5.41, 5.74) is 12.8. The molecule has 54 heavy (non-hydrogen) atoms. The fourth-order valence-corrected chi connectivity index (χ4v) is 8.48. The second kappa shape index (κ2) is 12.2. The molecule has 0 saturated heterocycles. The summed E-state index contributed by atoms with van der Waals surface area (Å²) in [5, 5.41) is 8.02. The summed E-state index contributed by atoms with van der Waals surface area (Å²) in [6.45, 7) is 0. The zero-order valence-corrected chi connectivity index (χ0v) is 29.3. The van der Waals surface area contributed by atoms with Crippen molar-refractivity contribution in [2.24, 2.45) is 0 Å². The second-order valence-electron chi connectivity index (χ2n) is 14.0. The van der Waals surface area contributed by atoms with Gasteiger partial charge >= 0.3 is 0 Å². The third-order valence-electron chi connectivity index (χ3n) is 10.9. The molecule has 0 aliphatic carbocycles. The van der Waals surface area contributed by atoms with Crippen LogP contribution < -0.4 is 0 Å². The molecular weight excluding hydrogens is 657 g/mol. The van der Waals surface area contributed by atoms with Crippen molar-refractivity contribution in [3.05, 3.63) is 194 Å². The molecule has 0 atom stereocenters. The molecule has 0 radical (unpaired) electrons. The van der Waals surface area contributed by atoms with Crippen molar-refractivity contribution in [1.29, 1.82) is 0 Å². The monoisotopic (exact) mass is 688 g/mol. The van der Waals surface area contributed by atoms with Gasteiger partial charge in [0.1, 0.15) is 22.5 Å². The Morgan fingerprint density at radius 3 is 1.43 bits per heavy atom. The topological polar surface area (TPSA) is 26.3 Å². The third kappa shape index (κ3) is 4.74. The van der Waals surface area contributed by atoms with Crippen molar-refractivity contribution in [3.63, 3.8) is 0 Å². The maximum absolute atomic E-state index is 6.92. The van der Waals surface area contributed by atoms with Crippen LogP contribution in [0.3, 0.4) is 0 Å². The minimum Gasteiger partial charge on any atom is -0.455 e. The van der Waals surface area contributed by atoms with Gasteiger partial charge in [0, 0.05) is 44.5 Å². The highest BCUT2D eigenvalue weighted by atomic mass is 16.3. The van der Waals surface area contributed by atoms with Crippen LogP contribution in [0.5, 0.6) is 0 Å². The Balaban J connectivity index is 1.17. The van der Waals surface area contributed by atoms with Crippen molar-refractivity contribution in [2.75, 3.05) is 0 Å². The summed E-state index contributed by atoms with van der Waals surface area (Å²) >= 11 is 0. The van der Waals surface area contributed by atoms with Gasteiger partial charge in [-0.15, -0.1) is 0 Å². The van der Waals surface area contributed by atoms with Gasteiger partial charge in [-0.2, -0.15) is 0 Å². The first kappa shape index (κ1) is 30.5. The van der Waals surface area contributed by atoms with Crippen molar-refractivity contribution in [2.45, 2.75) is 0 Å². The number of hydrogen-bond acceptors (Lipinski definition) is 2. The fraction of sp³-hybridized carbons (Fsp3) is 0. The van der Waals surface area contributed by atoms with Crippen LogP contribution in [-0.2, 0) is 0 Å². The van der Waals surface area contributed by atoms with E-state index in [9.17, 15) is 0 Å². The zero-order valence-electron chi connectivity index (χ0n) is 29.3. The molecular formula is C52H32O2. The van der Waals surface area contributed by atoms with Crippen molar-refractivity contribution in [1.82, 2.24) is 0 Å². The predicted octanol–water partition coefficient (Wildman–Crippen LogP) is 15.0. The summed E-state index contributed by atoms with van der Waals surface area (Å²) in [7, 11) is 0. The van der Waals surface area contributed by atoms with Gasteiger partial charge in [0.05, 0.1) is 0 Å². The summed E-state index contributed by atoms with van der Waals surface area (Å²) < 4.78 is 13.6. The van der Waals surface area contributed by atoms with Gasteiger partial charge in [0.2, 0.25) is 0 Å². The maximum atomic E-state index is 6.92. The lowest BCUT2D eigenvalue weighted by atomic mass is 9.85. The van der Waals surface area contributed by atoms with Crippen LogP contribution >= 0.6 is 0 Å². The van der Waals surface area contributed by atoms with Crippen LogP contribution in [0.25, 0.3) is 110 Å². The Morgan fingerprint density at radius 2 is 0.759 bits per heavy atom. The number of hydrogen-bond donors (Lipinski definition) is 0. The largest absolute Gasteiger partial charge is 0.455 e. The molecule has 0 unspecified atom stereocenters. The Morgan fingerprint density at radius 1 is 0.259 bits per heavy atom. The van der Waals surface area contributed by atoms with Gasteiger partial charge in [-0.1, -0.05) is 176 Å². The molecule has 0 amide bonds. The SMILES string of the molecule is c1ccc(-c2cccc(-c3c4ccccc4c(-c4cccc5c4oc4cc6oc(-c7ccccc7)c(-c7ccccc7)c6cc45)c4ccccc34)c2)cc1. The zero-order chi connectivity index (χ0) is 35.6. The molecule has 2 aromatic heterocycles. The molecule has 2 heterocycles. The number of furan rings is 2. The highest BCUT2D eigenvalue weighted by molar-refractivity contribution is 6.25. The molecule has 0 saturated carbocycles. The molecule has 0 aliphatic heterocycles. The van der Waals surface area contributed by atoms with Gasteiger partial charge in [-0.05, 0) is 61.5 Å². The molecule has 0 bridgehead atoms. The quantitative estimate of drug-likeness (QED) is 0.168. The van der Waals surface area contributed by atoms with Crippen molar-refractivity contribution in [3.8, 4) is 55.8 Å². The Labute approximate surface area is 312 Å². The van der Waals surface area contributed by atoms with E-state index in [4.69, 9.17) is 8.83 Å². The second-order valence-corrected chi connectivity index (χ2v) is 14.0. The number of fused-ring (bicyclic) bond motifs is 6. The number of para-hydroxylation sites is 1. The van der Waals surface area contributed by atoms with Gasteiger partial charge in [0.25, 0.3) is 0 Å². The Bertz CT molecular complexity index is 3130. The maximum Gasteiger partial charge on any atom is 0.143 e. The van der Waals surface area contributed by atoms with Crippen LogP contribution in [0, 0.1) is 0 Å². The lowest BCUT2D eigenvalue weighted by Gasteiger charge is -2.18.